The molecule has 0 aliphatic rings. The normalized spacial score (nSPS) is 10.3. The molecule has 0 aliphatic carbocycles. The number of amides is 1. The highest BCUT2D eigenvalue weighted by Gasteiger charge is 2.11. The van der Waals surface area contributed by atoms with Gasteiger partial charge in [-0.15, -0.1) is 11.3 Å². The summed E-state index contributed by atoms with van der Waals surface area (Å²) in [5, 5.41) is 4.73. The van der Waals surface area contributed by atoms with E-state index in [2.05, 4.69) is 20.3 Å². The van der Waals surface area contributed by atoms with E-state index in [9.17, 15) is 4.79 Å². The first-order valence-electron chi connectivity index (χ1n) is 6.29. The van der Waals surface area contributed by atoms with Gasteiger partial charge in [0.15, 0.2) is 5.82 Å². The van der Waals surface area contributed by atoms with Gasteiger partial charge in [0.1, 0.15) is 0 Å². The van der Waals surface area contributed by atoms with Crippen molar-refractivity contribution in [1.82, 2.24) is 20.3 Å². The molecule has 0 spiro atoms. The number of hydrogen-bond donors (Lipinski definition) is 1. The molecule has 0 bridgehead atoms. The molecule has 1 amide bonds. The Bertz CT molecular complexity index is 641. The molecule has 0 aromatic carbocycles. The number of carbonyl (C=O) groups excluding carboxylic acids is 1. The van der Waals surface area contributed by atoms with Gasteiger partial charge in [-0.25, -0.2) is 0 Å². The number of anilines is 1. The van der Waals surface area contributed by atoms with Crippen LogP contribution in [0, 0.1) is 6.92 Å². The maximum absolute atomic E-state index is 12.0. The van der Waals surface area contributed by atoms with Crippen LogP contribution in [-0.2, 0) is 6.54 Å². The number of carbonyl (C=O) groups is 1. The number of aromatic nitrogens is 3. The molecule has 0 atom stereocenters. The van der Waals surface area contributed by atoms with Crippen LogP contribution in [0.1, 0.15) is 21.1 Å². The lowest BCUT2D eigenvalue weighted by molar-refractivity contribution is 0.0953. The molecule has 1 N–H and O–H groups in total. The van der Waals surface area contributed by atoms with Crippen LogP contribution in [-0.4, -0.2) is 42.1 Å². The number of methoxy groups -OCH3 is 1. The summed E-state index contributed by atoms with van der Waals surface area (Å²) in [4.78, 5) is 26.9. The summed E-state index contributed by atoms with van der Waals surface area (Å²) >= 11 is 1.41. The fourth-order valence-electron chi connectivity index (χ4n) is 1.55. The summed E-state index contributed by atoms with van der Waals surface area (Å²) in [6, 6.07) is 2.07. The molecule has 2 rings (SSSR count). The van der Waals surface area contributed by atoms with Crippen molar-refractivity contribution in [1.29, 1.82) is 0 Å². The van der Waals surface area contributed by atoms with E-state index in [0.29, 0.717) is 16.6 Å². The summed E-state index contributed by atoms with van der Waals surface area (Å²) < 4.78 is 5.04. The van der Waals surface area contributed by atoms with E-state index < -0.39 is 0 Å². The Labute approximate surface area is 127 Å². The zero-order valence-corrected chi connectivity index (χ0v) is 13.2. The number of ether oxygens (including phenoxy) is 1. The largest absolute Gasteiger partial charge is 0.467 e. The zero-order chi connectivity index (χ0) is 15.4. The molecule has 2 aromatic rings. The Morgan fingerprint density at radius 2 is 2.14 bits per heavy atom. The summed E-state index contributed by atoms with van der Waals surface area (Å²) in [6.07, 6.45) is 0. The number of rotatable bonds is 5. The van der Waals surface area contributed by atoms with E-state index in [0.717, 1.165) is 5.56 Å². The lowest BCUT2D eigenvalue weighted by Crippen LogP contribution is -2.24. The van der Waals surface area contributed by atoms with Gasteiger partial charge in [0.2, 0.25) is 5.95 Å². The van der Waals surface area contributed by atoms with Gasteiger partial charge >= 0.3 is 6.01 Å². The van der Waals surface area contributed by atoms with Gasteiger partial charge in [-0.3, -0.25) is 4.79 Å². The van der Waals surface area contributed by atoms with Gasteiger partial charge in [-0.2, -0.15) is 15.0 Å². The Kier molecular flexibility index (Phi) is 4.69. The molecule has 0 radical (unpaired) electrons. The zero-order valence-electron chi connectivity index (χ0n) is 12.4. The highest BCUT2D eigenvalue weighted by molar-refractivity contribution is 7.12. The molecule has 0 unspecified atom stereocenters. The number of nitrogens with one attached hydrogen (secondary N) is 1. The molecule has 112 valence electrons. The molecule has 7 nitrogen and oxygen atoms in total. The topological polar surface area (TPSA) is 80.2 Å². The van der Waals surface area contributed by atoms with Crippen molar-refractivity contribution in [2.24, 2.45) is 0 Å². The van der Waals surface area contributed by atoms with Gasteiger partial charge in [-0.1, -0.05) is 0 Å². The third-order valence-electron chi connectivity index (χ3n) is 2.59. The first-order chi connectivity index (χ1) is 9.99. The third kappa shape index (κ3) is 3.88. The number of aryl methyl sites for hydroxylation is 1. The van der Waals surface area contributed by atoms with Crippen molar-refractivity contribution < 1.29 is 9.53 Å². The van der Waals surface area contributed by atoms with Crippen molar-refractivity contribution in [3.63, 3.8) is 0 Å². The van der Waals surface area contributed by atoms with Gasteiger partial charge in [0.05, 0.1) is 18.5 Å². The Hall–Kier alpha value is -2.22. The predicted molar refractivity (Wildman–Crippen MR) is 80.9 cm³/mol. The van der Waals surface area contributed by atoms with Crippen LogP contribution in [0.15, 0.2) is 11.4 Å². The van der Waals surface area contributed by atoms with Crippen molar-refractivity contribution in [3.05, 3.63) is 27.7 Å². The summed E-state index contributed by atoms with van der Waals surface area (Å²) in [5.41, 5.74) is 1.07. The molecule has 0 fully saturated rings. The summed E-state index contributed by atoms with van der Waals surface area (Å²) in [7, 11) is 5.14. The van der Waals surface area contributed by atoms with Crippen LogP contribution >= 0.6 is 11.3 Å². The second-order valence-corrected chi connectivity index (χ2v) is 5.51. The van der Waals surface area contributed by atoms with Crippen LogP contribution in [0.2, 0.25) is 0 Å². The van der Waals surface area contributed by atoms with E-state index in [1.807, 2.05) is 32.5 Å². The van der Waals surface area contributed by atoms with Crippen molar-refractivity contribution in [2.75, 3.05) is 26.1 Å². The lowest BCUT2D eigenvalue weighted by atomic mass is 10.3. The molecule has 0 aliphatic heterocycles. The number of hydrogen-bond acceptors (Lipinski definition) is 7. The minimum atomic E-state index is -0.140. The maximum atomic E-state index is 12.0. The van der Waals surface area contributed by atoms with Gasteiger partial charge in [0.25, 0.3) is 5.91 Å². The van der Waals surface area contributed by atoms with Crippen LogP contribution in [0.3, 0.4) is 0 Å². The van der Waals surface area contributed by atoms with Crippen LogP contribution in [0.5, 0.6) is 6.01 Å². The average Bonchev–Trinajstić information content (AvgIpc) is 2.91. The molecule has 0 saturated carbocycles. The van der Waals surface area contributed by atoms with Crippen LogP contribution in [0.4, 0.5) is 5.95 Å². The third-order valence-corrected chi connectivity index (χ3v) is 3.64. The first kappa shape index (κ1) is 15.2. The minimum absolute atomic E-state index is 0.140. The molecule has 21 heavy (non-hydrogen) atoms. The summed E-state index contributed by atoms with van der Waals surface area (Å²) in [5.74, 6) is 0.795. The molecule has 8 heteroatoms. The van der Waals surface area contributed by atoms with Crippen LogP contribution < -0.4 is 15.0 Å². The second kappa shape index (κ2) is 6.49. The smallest absolute Gasteiger partial charge is 0.321 e. The Morgan fingerprint density at radius 1 is 1.38 bits per heavy atom. The first-order valence-corrected chi connectivity index (χ1v) is 7.17. The number of nitrogens with zero attached hydrogens (tertiary/aromatic N) is 4. The van der Waals surface area contributed by atoms with Crippen LogP contribution in [0.25, 0.3) is 0 Å². The monoisotopic (exact) mass is 307 g/mol. The quantitative estimate of drug-likeness (QED) is 0.895. The Morgan fingerprint density at radius 3 is 2.71 bits per heavy atom. The van der Waals surface area contributed by atoms with E-state index in [4.69, 9.17) is 4.74 Å². The van der Waals surface area contributed by atoms with E-state index in [1.54, 1.807) is 4.90 Å². The molecule has 2 heterocycles. The van der Waals surface area contributed by atoms with Crippen molar-refractivity contribution >= 4 is 23.2 Å². The minimum Gasteiger partial charge on any atom is -0.467 e. The summed E-state index contributed by atoms with van der Waals surface area (Å²) in [6.45, 7) is 2.17. The Balaban J connectivity index is 2.08. The highest BCUT2D eigenvalue weighted by atomic mass is 32.1. The van der Waals surface area contributed by atoms with Crippen molar-refractivity contribution in [3.8, 4) is 6.01 Å². The van der Waals surface area contributed by atoms with E-state index in [-0.39, 0.29) is 18.5 Å². The van der Waals surface area contributed by atoms with E-state index in [1.165, 1.54) is 18.4 Å². The average molecular weight is 307 g/mol. The molecular weight excluding hydrogens is 290 g/mol. The van der Waals surface area contributed by atoms with E-state index >= 15 is 0 Å². The molecule has 2 aromatic heterocycles. The SMILES string of the molecule is COc1nc(CNC(=O)c2cc(C)cs2)nc(N(C)C)n1. The predicted octanol–water partition coefficient (Wildman–Crippen LogP) is 1.25. The van der Waals surface area contributed by atoms with Gasteiger partial charge in [-0.05, 0) is 23.9 Å². The fraction of sp³-hybridized carbons (Fsp3) is 0.385. The molecular formula is C13H17N5O2S. The van der Waals surface area contributed by atoms with Crippen molar-refractivity contribution in [2.45, 2.75) is 13.5 Å². The fourth-order valence-corrected chi connectivity index (χ4v) is 2.37. The van der Waals surface area contributed by atoms with Gasteiger partial charge in [0, 0.05) is 14.1 Å². The highest BCUT2D eigenvalue weighted by Crippen LogP contribution is 2.14. The maximum Gasteiger partial charge on any atom is 0.321 e. The lowest BCUT2D eigenvalue weighted by Gasteiger charge is -2.12. The van der Waals surface area contributed by atoms with Gasteiger partial charge < -0.3 is 15.0 Å². The number of thiophene rings is 1. The second-order valence-electron chi connectivity index (χ2n) is 4.60. The molecule has 0 saturated heterocycles. The standard InChI is InChI=1S/C13H17N5O2S/c1-8-5-9(21-7-8)11(19)14-6-10-15-12(18(2)3)17-13(16-10)20-4/h5,7H,6H2,1-4H3,(H,14,19).